The molecule has 1 atom stereocenters. The summed E-state index contributed by atoms with van der Waals surface area (Å²) < 4.78 is 34.6. The van der Waals surface area contributed by atoms with Crippen molar-refractivity contribution >= 4 is 27.5 Å². The largest absolute Gasteiger partial charge is 0.420 e. The van der Waals surface area contributed by atoms with E-state index in [0.29, 0.717) is 36.2 Å². The summed E-state index contributed by atoms with van der Waals surface area (Å²) in [6, 6.07) is 22.3. The molecule has 10 heteroatoms. The van der Waals surface area contributed by atoms with Crippen LogP contribution in [0.25, 0.3) is 11.5 Å². The van der Waals surface area contributed by atoms with Crippen LogP contribution >= 0.6 is 11.6 Å². The van der Waals surface area contributed by atoms with E-state index < -0.39 is 16.1 Å². The van der Waals surface area contributed by atoms with Gasteiger partial charge in [0, 0.05) is 23.7 Å². The molecule has 38 heavy (non-hydrogen) atoms. The van der Waals surface area contributed by atoms with Crippen LogP contribution in [0.2, 0.25) is 5.02 Å². The van der Waals surface area contributed by atoms with E-state index in [9.17, 15) is 13.2 Å². The molecule has 1 fully saturated rings. The first-order valence-electron chi connectivity index (χ1n) is 12.4. The Bertz CT molecular complexity index is 1490. The van der Waals surface area contributed by atoms with Gasteiger partial charge in [0.05, 0.1) is 11.3 Å². The molecule has 1 aromatic heterocycles. The van der Waals surface area contributed by atoms with Crippen LogP contribution < -0.4 is 5.32 Å². The topological polar surface area (TPSA) is 105 Å². The quantitative estimate of drug-likeness (QED) is 0.336. The molecule has 4 aromatic rings. The van der Waals surface area contributed by atoms with Crippen LogP contribution in [-0.4, -0.2) is 41.4 Å². The van der Waals surface area contributed by atoms with Crippen molar-refractivity contribution in [3.8, 4) is 11.5 Å². The molecule has 0 radical (unpaired) electrons. The molecule has 5 rings (SSSR count). The van der Waals surface area contributed by atoms with Crippen LogP contribution in [0.4, 0.5) is 0 Å². The average Bonchev–Trinajstić information content (AvgIpc) is 3.28. The normalized spacial score (nSPS) is 16.3. The number of rotatable bonds is 8. The van der Waals surface area contributed by atoms with Gasteiger partial charge < -0.3 is 9.73 Å². The monoisotopic (exact) mass is 550 g/mol. The number of carbonyl (C=O) groups is 1. The Labute approximate surface area is 226 Å². The number of amides is 1. The summed E-state index contributed by atoms with van der Waals surface area (Å²) in [4.78, 5) is 13.0. The molecule has 1 amide bonds. The lowest BCUT2D eigenvalue weighted by Gasteiger charge is -2.29. The van der Waals surface area contributed by atoms with Gasteiger partial charge in [-0.05, 0) is 66.8 Å². The number of benzene rings is 3. The van der Waals surface area contributed by atoms with Gasteiger partial charge >= 0.3 is 0 Å². The second-order valence-electron chi connectivity index (χ2n) is 9.17. The number of carbonyl (C=O) groups excluding carboxylic acids is 1. The number of halogens is 1. The molecule has 2 heterocycles. The van der Waals surface area contributed by atoms with Crippen molar-refractivity contribution in [3.63, 3.8) is 0 Å². The molecular weight excluding hydrogens is 524 g/mol. The van der Waals surface area contributed by atoms with E-state index in [2.05, 4.69) is 15.5 Å². The van der Waals surface area contributed by atoms with Crippen LogP contribution in [0.15, 0.2) is 88.2 Å². The first-order chi connectivity index (χ1) is 18.4. The third-order valence-corrected chi connectivity index (χ3v) is 8.60. The van der Waals surface area contributed by atoms with Gasteiger partial charge in [-0.3, -0.25) is 4.79 Å². The first-order valence-corrected chi connectivity index (χ1v) is 14.2. The predicted octanol–water partition coefficient (Wildman–Crippen LogP) is 4.84. The minimum Gasteiger partial charge on any atom is -0.420 e. The Morgan fingerprint density at radius 2 is 1.66 bits per heavy atom. The van der Waals surface area contributed by atoms with Crippen molar-refractivity contribution < 1.29 is 17.6 Å². The standard InChI is InChI=1S/C28H27ClN4O4S/c29-23-13-15-24(16-14-23)38(35,36)33(25-8-4-5-17-30-27(25)34)19-21-9-11-22(12-10-21)28-32-31-26(37-28)18-20-6-2-1-3-7-20/h1-3,6-7,9-16,25H,4-5,8,17-19H2,(H,30,34)/t25-/m1/s1. The Morgan fingerprint density at radius 3 is 2.39 bits per heavy atom. The molecule has 0 aliphatic carbocycles. The molecule has 0 bridgehead atoms. The number of nitrogens with one attached hydrogen (secondary N) is 1. The summed E-state index contributed by atoms with van der Waals surface area (Å²) in [5, 5.41) is 11.6. The summed E-state index contributed by atoms with van der Waals surface area (Å²) in [6.07, 6.45) is 2.54. The van der Waals surface area contributed by atoms with Crippen molar-refractivity contribution in [1.29, 1.82) is 0 Å². The van der Waals surface area contributed by atoms with Gasteiger partial charge in [-0.1, -0.05) is 54.1 Å². The number of sulfonamides is 1. The van der Waals surface area contributed by atoms with E-state index in [0.717, 1.165) is 29.5 Å². The lowest BCUT2D eigenvalue weighted by atomic mass is 10.1. The van der Waals surface area contributed by atoms with Crippen LogP contribution in [0.1, 0.15) is 36.3 Å². The SMILES string of the molecule is O=C1NCCCC[C@H]1N(Cc1ccc(-c2nnc(Cc3ccccc3)o2)cc1)S(=O)(=O)c1ccc(Cl)cc1. The van der Waals surface area contributed by atoms with Gasteiger partial charge in [-0.25, -0.2) is 8.42 Å². The van der Waals surface area contributed by atoms with Crippen molar-refractivity contribution in [3.05, 3.63) is 101 Å². The molecule has 8 nitrogen and oxygen atoms in total. The first kappa shape index (κ1) is 26.1. The molecule has 0 saturated carbocycles. The summed E-state index contributed by atoms with van der Waals surface area (Å²) in [7, 11) is -3.98. The van der Waals surface area contributed by atoms with Crippen molar-refractivity contribution in [1.82, 2.24) is 19.8 Å². The number of hydrogen-bond donors (Lipinski definition) is 1. The number of nitrogens with zero attached hydrogens (tertiary/aromatic N) is 3. The molecule has 1 saturated heterocycles. The van der Waals surface area contributed by atoms with E-state index in [1.807, 2.05) is 54.6 Å². The molecule has 1 aliphatic heterocycles. The fourth-order valence-corrected chi connectivity index (χ4v) is 6.18. The summed E-state index contributed by atoms with van der Waals surface area (Å²) in [5.74, 6) is 0.611. The Hall–Kier alpha value is -3.53. The van der Waals surface area contributed by atoms with E-state index in [1.54, 1.807) is 0 Å². The maximum atomic E-state index is 13.7. The van der Waals surface area contributed by atoms with Crippen LogP contribution in [0.3, 0.4) is 0 Å². The minimum atomic E-state index is -3.98. The van der Waals surface area contributed by atoms with Crippen molar-refractivity contribution in [2.45, 2.75) is 43.2 Å². The van der Waals surface area contributed by atoms with Crippen molar-refractivity contribution in [2.75, 3.05) is 6.54 Å². The maximum Gasteiger partial charge on any atom is 0.247 e. The van der Waals surface area contributed by atoms with Gasteiger partial charge in [-0.2, -0.15) is 4.31 Å². The third kappa shape index (κ3) is 5.96. The van der Waals surface area contributed by atoms with E-state index >= 15 is 0 Å². The Balaban J connectivity index is 1.39. The van der Waals surface area contributed by atoms with Crippen LogP contribution in [-0.2, 0) is 27.8 Å². The molecule has 3 aromatic carbocycles. The highest BCUT2D eigenvalue weighted by molar-refractivity contribution is 7.89. The fourth-order valence-electron chi connectivity index (χ4n) is 4.45. The highest BCUT2D eigenvalue weighted by atomic mass is 35.5. The second-order valence-corrected chi connectivity index (χ2v) is 11.5. The summed E-state index contributed by atoms with van der Waals surface area (Å²) in [6.45, 7) is 0.571. The van der Waals surface area contributed by atoms with Gasteiger partial charge in [-0.15, -0.1) is 10.2 Å². The summed E-state index contributed by atoms with van der Waals surface area (Å²) >= 11 is 5.98. The highest BCUT2D eigenvalue weighted by Gasteiger charge is 2.36. The van der Waals surface area contributed by atoms with Gasteiger partial charge in [0.15, 0.2) is 0 Å². The number of aromatic nitrogens is 2. The van der Waals surface area contributed by atoms with Crippen LogP contribution in [0, 0.1) is 0 Å². The van der Waals surface area contributed by atoms with Gasteiger partial charge in [0.25, 0.3) is 0 Å². The maximum absolute atomic E-state index is 13.7. The summed E-state index contributed by atoms with van der Waals surface area (Å²) in [5.41, 5.74) is 2.52. The minimum absolute atomic E-state index is 0.0341. The fraction of sp³-hybridized carbons (Fsp3) is 0.250. The molecule has 0 spiro atoms. The van der Waals surface area contributed by atoms with E-state index in [4.69, 9.17) is 16.0 Å². The zero-order valence-electron chi connectivity index (χ0n) is 20.6. The average molecular weight is 551 g/mol. The van der Waals surface area contributed by atoms with Crippen molar-refractivity contribution in [2.24, 2.45) is 0 Å². The zero-order valence-corrected chi connectivity index (χ0v) is 22.2. The predicted molar refractivity (Wildman–Crippen MR) is 144 cm³/mol. The Morgan fingerprint density at radius 1 is 0.921 bits per heavy atom. The Kier molecular flexibility index (Phi) is 7.87. The smallest absolute Gasteiger partial charge is 0.247 e. The molecule has 0 unspecified atom stereocenters. The van der Waals surface area contributed by atoms with Crippen LogP contribution in [0.5, 0.6) is 0 Å². The third-order valence-electron chi connectivity index (χ3n) is 6.48. The van der Waals surface area contributed by atoms with E-state index in [-0.39, 0.29) is 17.3 Å². The second kappa shape index (κ2) is 11.5. The molecule has 196 valence electrons. The lowest BCUT2D eigenvalue weighted by Crippen LogP contribution is -2.48. The molecule has 1 N–H and O–H groups in total. The zero-order chi connectivity index (χ0) is 26.5. The molecule has 1 aliphatic rings. The number of hydrogen-bond acceptors (Lipinski definition) is 6. The highest BCUT2D eigenvalue weighted by Crippen LogP contribution is 2.27. The molecular formula is C28H27ClN4O4S. The van der Waals surface area contributed by atoms with Gasteiger partial charge in [0.1, 0.15) is 6.04 Å². The van der Waals surface area contributed by atoms with E-state index in [1.165, 1.54) is 28.6 Å². The lowest BCUT2D eigenvalue weighted by molar-refractivity contribution is -0.124. The van der Waals surface area contributed by atoms with Gasteiger partial charge in [0.2, 0.25) is 27.7 Å².